The molecule has 8 nitrogen and oxygen atoms in total. The zero-order valence-electron chi connectivity index (χ0n) is 19.5. The van der Waals surface area contributed by atoms with Gasteiger partial charge in [0.1, 0.15) is 18.0 Å². The first kappa shape index (κ1) is 23.3. The minimum Gasteiger partial charge on any atom is -0.408 e. The third-order valence-electron chi connectivity index (χ3n) is 6.86. The van der Waals surface area contributed by atoms with Gasteiger partial charge in [-0.25, -0.2) is 9.18 Å². The van der Waals surface area contributed by atoms with Crippen LogP contribution >= 0.6 is 0 Å². The van der Waals surface area contributed by atoms with Crippen LogP contribution < -0.4 is 16.4 Å². The van der Waals surface area contributed by atoms with E-state index in [-0.39, 0.29) is 18.1 Å². The third-order valence-corrected chi connectivity index (χ3v) is 6.86. The van der Waals surface area contributed by atoms with Crippen molar-refractivity contribution in [3.63, 3.8) is 0 Å². The number of nitrogens with zero attached hydrogens (tertiary/aromatic N) is 2. The Kier molecular flexibility index (Phi) is 6.41. The normalized spacial score (nSPS) is 18.6. The predicted molar refractivity (Wildman–Crippen MR) is 127 cm³/mol. The molecule has 5 rings (SSSR count). The minimum absolute atomic E-state index is 0.219. The maximum Gasteiger partial charge on any atom is 0.419 e. The molecule has 1 amide bonds. The molecule has 2 aromatic carbocycles. The van der Waals surface area contributed by atoms with Crippen molar-refractivity contribution in [3.8, 4) is 17.2 Å². The standard InChI is InChI=1S/C26H27FN4O4/c1-31-21-12-15(6-7-22(21)35-26(31)33)24-19-5-2-4-18(19)16(11-20(24)27)10-17(13-28)30-25(32)23-14-29-8-3-9-34-23/h6-7,11-12,17,23,29H,2-5,8-10,14H2,1H3,(H,30,32)/t17-,23-/m0/s1. The number of oxazole rings is 1. The molecule has 3 aromatic rings. The highest BCUT2D eigenvalue weighted by molar-refractivity contribution is 5.83. The van der Waals surface area contributed by atoms with Gasteiger partial charge in [0.25, 0.3) is 5.91 Å². The molecule has 182 valence electrons. The third kappa shape index (κ3) is 4.47. The number of benzene rings is 2. The van der Waals surface area contributed by atoms with Crippen LogP contribution in [0.5, 0.6) is 0 Å². The maximum atomic E-state index is 15.6. The summed E-state index contributed by atoms with van der Waals surface area (Å²) in [5.41, 5.74) is 4.95. The lowest BCUT2D eigenvalue weighted by Crippen LogP contribution is -2.46. The van der Waals surface area contributed by atoms with Crippen LogP contribution in [0.25, 0.3) is 22.2 Å². The molecule has 1 aromatic heterocycles. The number of fused-ring (bicyclic) bond motifs is 2. The Morgan fingerprint density at radius 2 is 2.14 bits per heavy atom. The first-order valence-corrected chi connectivity index (χ1v) is 11.9. The van der Waals surface area contributed by atoms with E-state index in [2.05, 4.69) is 16.7 Å². The average molecular weight is 479 g/mol. The second kappa shape index (κ2) is 9.64. The molecule has 9 heteroatoms. The van der Waals surface area contributed by atoms with Crippen LogP contribution in [-0.4, -0.2) is 42.3 Å². The van der Waals surface area contributed by atoms with Gasteiger partial charge >= 0.3 is 5.76 Å². The van der Waals surface area contributed by atoms with E-state index in [9.17, 15) is 14.9 Å². The van der Waals surface area contributed by atoms with Crippen LogP contribution in [0, 0.1) is 17.1 Å². The zero-order chi connectivity index (χ0) is 24.5. The van der Waals surface area contributed by atoms with Crippen molar-refractivity contribution in [1.82, 2.24) is 15.2 Å². The first-order valence-electron chi connectivity index (χ1n) is 11.9. The number of hydrogen-bond acceptors (Lipinski definition) is 6. The highest BCUT2D eigenvalue weighted by atomic mass is 19.1. The fourth-order valence-corrected chi connectivity index (χ4v) is 5.10. The van der Waals surface area contributed by atoms with Gasteiger partial charge in [0.05, 0.1) is 11.6 Å². The number of amides is 1. The van der Waals surface area contributed by atoms with E-state index in [1.54, 1.807) is 25.2 Å². The van der Waals surface area contributed by atoms with Gasteiger partial charge in [-0.3, -0.25) is 9.36 Å². The van der Waals surface area contributed by atoms with Crippen LogP contribution in [0.15, 0.2) is 33.5 Å². The van der Waals surface area contributed by atoms with Crippen molar-refractivity contribution in [2.45, 2.75) is 44.2 Å². The number of nitriles is 1. The van der Waals surface area contributed by atoms with E-state index >= 15 is 4.39 Å². The molecule has 2 N–H and O–H groups in total. The van der Waals surface area contributed by atoms with E-state index in [0.29, 0.717) is 35.4 Å². The molecule has 0 radical (unpaired) electrons. The van der Waals surface area contributed by atoms with Crippen LogP contribution in [0.3, 0.4) is 0 Å². The van der Waals surface area contributed by atoms with Crippen LogP contribution in [-0.2, 0) is 35.8 Å². The summed E-state index contributed by atoms with van der Waals surface area (Å²) < 4.78 is 27.8. The number of nitrogens with one attached hydrogen (secondary N) is 2. The number of halogens is 1. The molecule has 0 saturated carbocycles. The lowest BCUT2D eigenvalue weighted by atomic mass is 9.90. The number of aryl methyl sites for hydroxylation is 1. The van der Waals surface area contributed by atoms with E-state index in [4.69, 9.17) is 9.15 Å². The lowest BCUT2D eigenvalue weighted by molar-refractivity contribution is -0.132. The van der Waals surface area contributed by atoms with Crippen molar-refractivity contribution in [2.75, 3.05) is 19.7 Å². The van der Waals surface area contributed by atoms with Gasteiger partial charge in [0.15, 0.2) is 5.58 Å². The fraction of sp³-hybridized carbons (Fsp3) is 0.423. The van der Waals surface area contributed by atoms with Gasteiger partial charge in [-0.05, 0) is 72.7 Å². The SMILES string of the molecule is Cn1c(=O)oc2ccc(-c3c(F)cc(C[C@@H](C#N)NC(=O)[C@@H]4CNCCCO4)c4c3CCC4)cc21. The molecule has 1 fully saturated rings. The molecule has 0 unspecified atom stereocenters. The Morgan fingerprint density at radius 3 is 2.97 bits per heavy atom. The van der Waals surface area contributed by atoms with Crippen molar-refractivity contribution in [1.29, 1.82) is 5.26 Å². The van der Waals surface area contributed by atoms with Gasteiger partial charge in [0.2, 0.25) is 0 Å². The summed E-state index contributed by atoms with van der Waals surface area (Å²) in [4.78, 5) is 24.5. The molecule has 35 heavy (non-hydrogen) atoms. The molecular formula is C26H27FN4O4. The molecule has 1 saturated heterocycles. The number of rotatable bonds is 5. The quantitative estimate of drug-likeness (QED) is 0.583. The molecule has 2 aliphatic rings. The number of carbonyl (C=O) groups excluding carboxylic acids is 1. The maximum absolute atomic E-state index is 15.6. The Labute approximate surface area is 201 Å². The first-order chi connectivity index (χ1) is 17.0. The molecular weight excluding hydrogens is 451 g/mol. The van der Waals surface area contributed by atoms with Crippen molar-refractivity contribution in [3.05, 3.63) is 57.3 Å². The predicted octanol–water partition coefficient (Wildman–Crippen LogP) is 2.36. The summed E-state index contributed by atoms with van der Waals surface area (Å²) in [5.74, 6) is -1.18. The van der Waals surface area contributed by atoms with Crippen LogP contribution in [0.4, 0.5) is 4.39 Å². The fourth-order valence-electron chi connectivity index (χ4n) is 5.10. The van der Waals surface area contributed by atoms with Gasteiger partial charge < -0.3 is 19.8 Å². The smallest absolute Gasteiger partial charge is 0.408 e. The summed E-state index contributed by atoms with van der Waals surface area (Å²) in [7, 11) is 1.62. The lowest BCUT2D eigenvalue weighted by Gasteiger charge is -2.20. The largest absolute Gasteiger partial charge is 0.419 e. The van der Waals surface area contributed by atoms with Gasteiger partial charge in [-0.2, -0.15) is 5.26 Å². The van der Waals surface area contributed by atoms with E-state index < -0.39 is 17.9 Å². The van der Waals surface area contributed by atoms with Gasteiger partial charge in [-0.15, -0.1) is 0 Å². The number of aromatic nitrogens is 1. The Balaban J connectivity index is 1.43. The molecule has 1 aliphatic carbocycles. The highest BCUT2D eigenvalue weighted by Crippen LogP contribution is 2.38. The molecule has 1 aliphatic heterocycles. The van der Waals surface area contributed by atoms with Crippen molar-refractivity contribution < 1.29 is 18.3 Å². The minimum atomic E-state index is -0.791. The van der Waals surface area contributed by atoms with Crippen LogP contribution in [0.2, 0.25) is 0 Å². The van der Waals surface area contributed by atoms with E-state index in [1.807, 2.05) is 0 Å². The van der Waals surface area contributed by atoms with Gasteiger partial charge in [-0.1, -0.05) is 6.07 Å². The summed E-state index contributed by atoms with van der Waals surface area (Å²) in [6.45, 7) is 1.67. The van der Waals surface area contributed by atoms with Gasteiger partial charge in [0, 0.05) is 32.2 Å². The van der Waals surface area contributed by atoms with Crippen LogP contribution in [0.1, 0.15) is 29.5 Å². The highest BCUT2D eigenvalue weighted by Gasteiger charge is 2.27. The second-order valence-electron chi connectivity index (χ2n) is 9.12. The summed E-state index contributed by atoms with van der Waals surface area (Å²) in [5, 5.41) is 15.6. The molecule has 0 bridgehead atoms. The molecule has 2 atom stereocenters. The van der Waals surface area contributed by atoms with E-state index in [0.717, 1.165) is 48.9 Å². The average Bonchev–Trinajstić information content (AvgIpc) is 3.32. The van der Waals surface area contributed by atoms with Crippen molar-refractivity contribution >= 4 is 17.0 Å². The Bertz CT molecular complexity index is 1380. The Hall–Kier alpha value is -3.48. The number of carbonyl (C=O) groups is 1. The Morgan fingerprint density at radius 1 is 1.31 bits per heavy atom. The van der Waals surface area contributed by atoms with E-state index in [1.165, 1.54) is 10.6 Å². The topological polar surface area (TPSA) is 109 Å². The summed E-state index contributed by atoms with van der Waals surface area (Å²) in [6.07, 6.45) is 2.79. The number of ether oxygens (including phenoxy) is 1. The summed E-state index contributed by atoms with van der Waals surface area (Å²) >= 11 is 0. The number of hydrogen-bond donors (Lipinski definition) is 2. The van der Waals surface area contributed by atoms with Crippen molar-refractivity contribution in [2.24, 2.45) is 7.05 Å². The second-order valence-corrected chi connectivity index (χ2v) is 9.12. The summed E-state index contributed by atoms with van der Waals surface area (Å²) in [6, 6.07) is 8.07. The monoisotopic (exact) mass is 478 g/mol. The zero-order valence-corrected chi connectivity index (χ0v) is 19.5. The molecule has 2 heterocycles. The molecule has 0 spiro atoms.